The summed E-state index contributed by atoms with van der Waals surface area (Å²) in [6.45, 7) is 1.32. The first-order valence-electron chi connectivity index (χ1n) is 4.46. The third-order valence-electron chi connectivity index (χ3n) is 2.39. The molecule has 3 N–H and O–H groups in total. The van der Waals surface area contributed by atoms with Crippen LogP contribution in [0.15, 0.2) is 0 Å². The molecular weight excluding hydrogens is 159 g/mol. The van der Waals surface area contributed by atoms with Gasteiger partial charge in [-0.3, -0.25) is 4.90 Å². The summed E-state index contributed by atoms with van der Waals surface area (Å²) < 4.78 is 12.0. The molecule has 1 fully saturated rings. The van der Waals surface area contributed by atoms with E-state index in [4.69, 9.17) is 10.8 Å². The first kappa shape index (κ1) is 9.89. The molecule has 0 aromatic carbocycles. The molecule has 1 aliphatic heterocycles. The third-order valence-corrected chi connectivity index (χ3v) is 2.39. The van der Waals surface area contributed by atoms with Gasteiger partial charge in [-0.05, 0) is 19.4 Å². The summed E-state index contributed by atoms with van der Waals surface area (Å²) in [5.74, 6) is 0. The maximum absolute atomic E-state index is 12.0. The van der Waals surface area contributed by atoms with Crippen LogP contribution in [0, 0.1) is 0 Å². The Hall–Kier alpha value is -0.190. The first-order chi connectivity index (χ1) is 5.77. The predicted octanol–water partition coefficient (Wildman–Crippen LogP) is -0.260. The number of likely N-dealkylation sites (tertiary alicyclic amines) is 1. The SMILES string of the molecule is NC[C@@H]1CCCN1CC(O)CF. The van der Waals surface area contributed by atoms with Crippen molar-refractivity contribution in [3.8, 4) is 0 Å². The number of aliphatic hydroxyl groups is 1. The maximum Gasteiger partial charge on any atom is 0.117 e. The third kappa shape index (κ3) is 2.40. The summed E-state index contributed by atoms with van der Waals surface area (Å²) in [5, 5.41) is 9.07. The van der Waals surface area contributed by atoms with Crippen molar-refractivity contribution in [1.82, 2.24) is 4.90 Å². The molecule has 1 aliphatic rings. The van der Waals surface area contributed by atoms with Crippen molar-refractivity contribution in [3.63, 3.8) is 0 Å². The Morgan fingerprint density at radius 1 is 1.67 bits per heavy atom. The second-order valence-electron chi connectivity index (χ2n) is 3.33. The van der Waals surface area contributed by atoms with Gasteiger partial charge in [0.05, 0.1) is 6.10 Å². The van der Waals surface area contributed by atoms with E-state index >= 15 is 0 Å². The van der Waals surface area contributed by atoms with Gasteiger partial charge in [0.2, 0.25) is 0 Å². The van der Waals surface area contributed by atoms with Crippen LogP contribution in [0.2, 0.25) is 0 Å². The van der Waals surface area contributed by atoms with Crippen LogP contribution in [0.4, 0.5) is 4.39 Å². The molecule has 0 saturated carbocycles. The lowest BCUT2D eigenvalue weighted by Crippen LogP contribution is -2.40. The summed E-state index contributed by atoms with van der Waals surface area (Å²) in [6, 6.07) is 0.353. The summed E-state index contributed by atoms with van der Waals surface area (Å²) in [6.07, 6.45) is 1.35. The summed E-state index contributed by atoms with van der Waals surface area (Å²) in [7, 11) is 0. The monoisotopic (exact) mass is 176 g/mol. The number of nitrogens with zero attached hydrogens (tertiary/aromatic N) is 1. The van der Waals surface area contributed by atoms with Crippen molar-refractivity contribution in [3.05, 3.63) is 0 Å². The summed E-state index contributed by atoms with van der Waals surface area (Å²) >= 11 is 0. The Morgan fingerprint density at radius 3 is 3.00 bits per heavy atom. The second-order valence-corrected chi connectivity index (χ2v) is 3.33. The van der Waals surface area contributed by atoms with E-state index in [9.17, 15) is 4.39 Å². The highest BCUT2D eigenvalue weighted by atomic mass is 19.1. The maximum atomic E-state index is 12.0. The van der Waals surface area contributed by atoms with Gasteiger partial charge in [-0.2, -0.15) is 0 Å². The molecular formula is C8H17FN2O. The number of hydrogen-bond donors (Lipinski definition) is 2. The molecule has 0 aromatic heterocycles. The Bertz CT molecular complexity index is 134. The highest BCUT2D eigenvalue weighted by Gasteiger charge is 2.24. The Balaban J connectivity index is 2.30. The average Bonchev–Trinajstić information content (AvgIpc) is 2.51. The molecule has 0 aliphatic carbocycles. The topological polar surface area (TPSA) is 49.5 Å². The van der Waals surface area contributed by atoms with Crippen LogP contribution in [-0.4, -0.2) is 48.5 Å². The van der Waals surface area contributed by atoms with E-state index in [-0.39, 0.29) is 0 Å². The zero-order valence-electron chi connectivity index (χ0n) is 7.25. The molecule has 1 unspecified atom stereocenters. The lowest BCUT2D eigenvalue weighted by Gasteiger charge is -2.24. The second kappa shape index (κ2) is 4.74. The highest BCUT2D eigenvalue weighted by molar-refractivity contribution is 4.81. The van der Waals surface area contributed by atoms with Gasteiger partial charge in [0, 0.05) is 19.1 Å². The number of rotatable bonds is 4. The number of hydrogen-bond acceptors (Lipinski definition) is 3. The van der Waals surface area contributed by atoms with Gasteiger partial charge in [-0.25, -0.2) is 4.39 Å². The van der Waals surface area contributed by atoms with Crippen LogP contribution in [0.1, 0.15) is 12.8 Å². The van der Waals surface area contributed by atoms with E-state index in [1.54, 1.807) is 0 Å². The molecule has 1 heterocycles. The number of alkyl halides is 1. The van der Waals surface area contributed by atoms with Crippen molar-refractivity contribution in [1.29, 1.82) is 0 Å². The molecule has 3 nitrogen and oxygen atoms in total. The van der Waals surface area contributed by atoms with Crippen molar-refractivity contribution >= 4 is 0 Å². The van der Waals surface area contributed by atoms with Crippen LogP contribution in [0.5, 0.6) is 0 Å². The molecule has 1 saturated heterocycles. The van der Waals surface area contributed by atoms with Crippen LogP contribution >= 0.6 is 0 Å². The normalized spacial score (nSPS) is 27.8. The van der Waals surface area contributed by atoms with Crippen molar-refractivity contribution in [2.45, 2.75) is 25.0 Å². The van der Waals surface area contributed by atoms with Crippen molar-refractivity contribution in [2.24, 2.45) is 5.73 Å². The van der Waals surface area contributed by atoms with Crippen LogP contribution in [0.25, 0.3) is 0 Å². The number of aliphatic hydroxyl groups excluding tert-OH is 1. The van der Waals surface area contributed by atoms with Gasteiger partial charge < -0.3 is 10.8 Å². The van der Waals surface area contributed by atoms with Crippen LogP contribution in [-0.2, 0) is 0 Å². The number of nitrogens with two attached hydrogens (primary N) is 1. The lowest BCUT2D eigenvalue weighted by atomic mass is 10.2. The van der Waals surface area contributed by atoms with E-state index in [1.165, 1.54) is 0 Å². The Morgan fingerprint density at radius 2 is 2.42 bits per heavy atom. The van der Waals surface area contributed by atoms with E-state index in [1.807, 2.05) is 0 Å². The van der Waals surface area contributed by atoms with Crippen LogP contribution in [0.3, 0.4) is 0 Å². The minimum atomic E-state index is -0.836. The Kier molecular flexibility index (Phi) is 3.91. The van der Waals surface area contributed by atoms with Gasteiger partial charge in [0.1, 0.15) is 6.67 Å². The minimum absolute atomic E-state index is 0.353. The minimum Gasteiger partial charge on any atom is -0.389 e. The molecule has 72 valence electrons. The quantitative estimate of drug-likeness (QED) is 0.620. The molecule has 0 radical (unpaired) electrons. The lowest BCUT2D eigenvalue weighted by molar-refractivity contribution is 0.0856. The fourth-order valence-electron chi connectivity index (χ4n) is 1.72. The van der Waals surface area contributed by atoms with Gasteiger partial charge >= 0.3 is 0 Å². The van der Waals surface area contributed by atoms with Gasteiger partial charge in [0.15, 0.2) is 0 Å². The molecule has 0 bridgehead atoms. The number of β-amino-alcohol motifs (C(OH)–C–C–N with tert-alkyl or cyclic N) is 1. The van der Waals surface area contributed by atoms with Crippen LogP contribution < -0.4 is 5.73 Å². The summed E-state index contributed by atoms with van der Waals surface area (Å²) in [5.41, 5.74) is 5.52. The first-order valence-corrected chi connectivity index (χ1v) is 4.46. The number of halogens is 1. The average molecular weight is 176 g/mol. The smallest absolute Gasteiger partial charge is 0.117 e. The standard InChI is InChI=1S/C8H17FN2O/c9-4-8(12)6-11-3-1-2-7(11)5-10/h7-8,12H,1-6,10H2/t7-,8?/m0/s1. The molecule has 4 heteroatoms. The van der Waals surface area contributed by atoms with Gasteiger partial charge in [-0.1, -0.05) is 0 Å². The fraction of sp³-hybridized carbons (Fsp3) is 1.00. The molecule has 0 aromatic rings. The predicted molar refractivity (Wildman–Crippen MR) is 45.6 cm³/mol. The van der Waals surface area contributed by atoms with E-state index in [0.29, 0.717) is 19.1 Å². The van der Waals surface area contributed by atoms with E-state index in [2.05, 4.69) is 4.90 Å². The summed E-state index contributed by atoms with van der Waals surface area (Å²) in [4.78, 5) is 2.07. The zero-order valence-corrected chi connectivity index (χ0v) is 7.25. The molecule has 2 atom stereocenters. The van der Waals surface area contributed by atoms with Gasteiger partial charge in [0.25, 0.3) is 0 Å². The molecule has 12 heavy (non-hydrogen) atoms. The molecule has 1 rings (SSSR count). The molecule has 0 spiro atoms. The Labute approximate surface area is 72.3 Å². The van der Waals surface area contributed by atoms with E-state index in [0.717, 1.165) is 19.4 Å². The molecule has 0 amide bonds. The zero-order chi connectivity index (χ0) is 8.97. The highest BCUT2D eigenvalue weighted by Crippen LogP contribution is 2.15. The van der Waals surface area contributed by atoms with Crippen molar-refractivity contribution < 1.29 is 9.50 Å². The fourth-order valence-corrected chi connectivity index (χ4v) is 1.72. The van der Waals surface area contributed by atoms with Crippen molar-refractivity contribution in [2.75, 3.05) is 26.3 Å². The largest absolute Gasteiger partial charge is 0.389 e. The van der Waals surface area contributed by atoms with Gasteiger partial charge in [-0.15, -0.1) is 0 Å². The van der Waals surface area contributed by atoms with E-state index < -0.39 is 12.8 Å².